The average Bonchev–Trinajstić information content (AvgIpc) is 2.13. The van der Waals surface area contributed by atoms with Gasteiger partial charge in [-0.25, -0.2) is 0 Å². The molecule has 4 heteroatoms. The molecule has 0 fully saturated rings. The van der Waals surface area contributed by atoms with Gasteiger partial charge in [0.25, 0.3) is 0 Å². The van der Waals surface area contributed by atoms with Crippen molar-refractivity contribution < 1.29 is 4.79 Å². The monoisotopic (exact) mass is 229 g/mol. The van der Waals surface area contributed by atoms with Crippen LogP contribution in [0.2, 0.25) is 0 Å². The fourth-order valence-corrected chi connectivity index (χ4v) is 1.38. The normalized spacial score (nSPS) is 13.2. The minimum Gasteiger partial charge on any atom is -0.354 e. The molecule has 0 saturated carbocycles. The van der Waals surface area contributed by atoms with Gasteiger partial charge in [0, 0.05) is 25.0 Å². The molecule has 0 aromatic carbocycles. The first-order valence-electron chi connectivity index (χ1n) is 6.09. The molecule has 1 atom stereocenters. The minimum atomic E-state index is 0.127. The molecule has 0 aromatic rings. The number of nitrogens with one attached hydrogen (secondary N) is 2. The van der Waals surface area contributed by atoms with E-state index in [1.165, 1.54) is 0 Å². The van der Waals surface area contributed by atoms with Crippen molar-refractivity contribution in [3.05, 3.63) is 0 Å². The molecule has 1 unspecified atom stereocenters. The van der Waals surface area contributed by atoms with Crippen LogP contribution in [0.25, 0.3) is 0 Å². The topological polar surface area (TPSA) is 44.4 Å². The molecular weight excluding hydrogens is 202 g/mol. The summed E-state index contributed by atoms with van der Waals surface area (Å²) in [5.41, 5.74) is 0. The Hall–Kier alpha value is -0.610. The van der Waals surface area contributed by atoms with Crippen molar-refractivity contribution in [1.29, 1.82) is 0 Å². The summed E-state index contributed by atoms with van der Waals surface area (Å²) < 4.78 is 0. The van der Waals surface area contributed by atoms with Gasteiger partial charge in [-0.1, -0.05) is 0 Å². The van der Waals surface area contributed by atoms with Crippen LogP contribution in [0.15, 0.2) is 0 Å². The Kier molecular flexibility index (Phi) is 8.21. The van der Waals surface area contributed by atoms with Crippen LogP contribution in [-0.2, 0) is 4.79 Å². The van der Waals surface area contributed by atoms with Gasteiger partial charge in [0.05, 0.1) is 0 Å². The van der Waals surface area contributed by atoms with Crippen LogP contribution in [0.1, 0.15) is 33.6 Å². The van der Waals surface area contributed by atoms with Gasteiger partial charge in [-0.05, 0) is 47.8 Å². The highest BCUT2D eigenvalue weighted by molar-refractivity contribution is 5.76. The molecule has 0 aliphatic carbocycles. The lowest BCUT2D eigenvalue weighted by Crippen LogP contribution is -2.35. The molecule has 16 heavy (non-hydrogen) atoms. The van der Waals surface area contributed by atoms with Crippen molar-refractivity contribution in [2.24, 2.45) is 0 Å². The molecule has 0 heterocycles. The Balaban J connectivity index is 3.46. The number of hydrogen-bond acceptors (Lipinski definition) is 3. The predicted molar refractivity (Wildman–Crippen MR) is 68.5 cm³/mol. The number of carbonyl (C=O) groups is 1. The molecule has 1 amide bonds. The summed E-state index contributed by atoms with van der Waals surface area (Å²) in [7, 11) is 4.14. The number of nitrogens with zero attached hydrogens (tertiary/aromatic N) is 1. The van der Waals surface area contributed by atoms with Gasteiger partial charge in [0.2, 0.25) is 5.91 Å². The predicted octanol–water partition coefficient (Wildman–Crippen LogP) is 0.831. The highest BCUT2D eigenvalue weighted by atomic mass is 16.1. The molecule has 2 N–H and O–H groups in total. The molecule has 0 bridgehead atoms. The summed E-state index contributed by atoms with van der Waals surface area (Å²) >= 11 is 0. The number of carbonyl (C=O) groups excluding carboxylic acids is 1. The summed E-state index contributed by atoms with van der Waals surface area (Å²) in [6.45, 7) is 7.94. The molecule has 0 rings (SSSR count). The molecule has 96 valence electrons. The third-order valence-electron chi connectivity index (χ3n) is 2.30. The number of rotatable bonds is 8. The third kappa shape index (κ3) is 9.93. The van der Waals surface area contributed by atoms with Crippen LogP contribution in [0.4, 0.5) is 0 Å². The molecule has 0 saturated heterocycles. The first kappa shape index (κ1) is 15.4. The van der Waals surface area contributed by atoms with E-state index in [0.717, 1.165) is 19.5 Å². The van der Waals surface area contributed by atoms with Crippen LogP contribution in [-0.4, -0.2) is 50.1 Å². The molecule has 0 radical (unpaired) electrons. The minimum absolute atomic E-state index is 0.127. The average molecular weight is 229 g/mol. The van der Waals surface area contributed by atoms with Crippen LogP contribution < -0.4 is 10.6 Å². The lowest BCUT2D eigenvalue weighted by molar-refractivity contribution is -0.121. The zero-order chi connectivity index (χ0) is 12.6. The van der Waals surface area contributed by atoms with Gasteiger partial charge in [0.15, 0.2) is 0 Å². The quantitative estimate of drug-likeness (QED) is 0.648. The second-order valence-electron chi connectivity index (χ2n) is 4.92. The summed E-state index contributed by atoms with van der Waals surface area (Å²) in [6, 6.07) is 0.702. The maximum Gasteiger partial charge on any atom is 0.221 e. The van der Waals surface area contributed by atoms with Crippen LogP contribution in [0.3, 0.4) is 0 Å². The maximum atomic E-state index is 11.3. The SMILES string of the molecule is CC(C)NC(=O)CCNC(C)CCN(C)C. The number of amides is 1. The van der Waals surface area contributed by atoms with Crippen molar-refractivity contribution in [3.8, 4) is 0 Å². The largest absolute Gasteiger partial charge is 0.354 e. The van der Waals surface area contributed by atoms with E-state index < -0.39 is 0 Å². The van der Waals surface area contributed by atoms with E-state index in [4.69, 9.17) is 0 Å². The van der Waals surface area contributed by atoms with Crippen molar-refractivity contribution in [1.82, 2.24) is 15.5 Å². The summed E-state index contributed by atoms with van der Waals surface area (Å²) in [6.07, 6.45) is 1.67. The van der Waals surface area contributed by atoms with E-state index in [1.807, 2.05) is 13.8 Å². The second kappa shape index (κ2) is 8.53. The highest BCUT2D eigenvalue weighted by Gasteiger charge is 2.05. The van der Waals surface area contributed by atoms with E-state index in [1.54, 1.807) is 0 Å². The fourth-order valence-electron chi connectivity index (χ4n) is 1.38. The Morgan fingerprint density at radius 2 is 1.88 bits per heavy atom. The van der Waals surface area contributed by atoms with E-state index in [9.17, 15) is 4.79 Å². The molecule has 0 spiro atoms. The van der Waals surface area contributed by atoms with Crippen LogP contribution in [0, 0.1) is 0 Å². The Morgan fingerprint density at radius 3 is 2.38 bits per heavy atom. The van der Waals surface area contributed by atoms with Gasteiger partial charge in [-0.3, -0.25) is 4.79 Å². The highest BCUT2D eigenvalue weighted by Crippen LogP contribution is 1.92. The zero-order valence-electron chi connectivity index (χ0n) is 11.3. The van der Waals surface area contributed by atoms with Crippen molar-refractivity contribution in [2.45, 2.75) is 45.7 Å². The second-order valence-corrected chi connectivity index (χ2v) is 4.92. The maximum absolute atomic E-state index is 11.3. The summed E-state index contributed by atoms with van der Waals surface area (Å²) in [4.78, 5) is 13.5. The van der Waals surface area contributed by atoms with E-state index in [-0.39, 0.29) is 11.9 Å². The van der Waals surface area contributed by atoms with Gasteiger partial charge < -0.3 is 15.5 Å². The van der Waals surface area contributed by atoms with Crippen molar-refractivity contribution in [2.75, 3.05) is 27.2 Å². The summed E-state index contributed by atoms with van der Waals surface area (Å²) in [5, 5.41) is 6.23. The first-order chi connectivity index (χ1) is 7.41. The lowest BCUT2D eigenvalue weighted by Gasteiger charge is -2.16. The number of hydrogen-bond donors (Lipinski definition) is 2. The van der Waals surface area contributed by atoms with Gasteiger partial charge >= 0.3 is 0 Å². The molecule has 0 aliphatic heterocycles. The van der Waals surface area contributed by atoms with Gasteiger partial charge in [0.1, 0.15) is 0 Å². The Bertz CT molecular complexity index is 193. The smallest absolute Gasteiger partial charge is 0.221 e. The summed E-state index contributed by atoms with van der Waals surface area (Å²) in [5.74, 6) is 0.127. The molecule has 4 nitrogen and oxygen atoms in total. The molecule has 0 aliphatic rings. The van der Waals surface area contributed by atoms with E-state index in [0.29, 0.717) is 12.5 Å². The van der Waals surface area contributed by atoms with Crippen molar-refractivity contribution >= 4 is 5.91 Å². The Morgan fingerprint density at radius 1 is 1.25 bits per heavy atom. The first-order valence-corrected chi connectivity index (χ1v) is 6.09. The van der Waals surface area contributed by atoms with Gasteiger partial charge in [-0.15, -0.1) is 0 Å². The van der Waals surface area contributed by atoms with E-state index in [2.05, 4.69) is 36.6 Å². The molecular formula is C12H27N3O. The fraction of sp³-hybridized carbons (Fsp3) is 0.917. The standard InChI is InChI=1S/C12H27N3O/c1-10(2)14-12(16)6-8-13-11(3)7-9-15(4)5/h10-11,13H,6-9H2,1-5H3,(H,14,16). The lowest BCUT2D eigenvalue weighted by atomic mass is 10.2. The Labute approximate surface area is 99.8 Å². The molecule has 0 aromatic heterocycles. The van der Waals surface area contributed by atoms with Gasteiger partial charge in [-0.2, -0.15) is 0 Å². The third-order valence-corrected chi connectivity index (χ3v) is 2.30. The van der Waals surface area contributed by atoms with Crippen LogP contribution in [0.5, 0.6) is 0 Å². The van der Waals surface area contributed by atoms with E-state index >= 15 is 0 Å². The van der Waals surface area contributed by atoms with Crippen molar-refractivity contribution in [3.63, 3.8) is 0 Å². The van der Waals surface area contributed by atoms with Crippen LogP contribution >= 0.6 is 0 Å². The zero-order valence-corrected chi connectivity index (χ0v) is 11.3.